The number of carbonyl (C=O) groups excluding carboxylic acids is 1. The van der Waals surface area contributed by atoms with E-state index >= 15 is 0 Å². The van der Waals surface area contributed by atoms with Gasteiger partial charge in [0.25, 0.3) is 0 Å². The molecule has 0 saturated carbocycles. The van der Waals surface area contributed by atoms with Crippen molar-refractivity contribution in [3.8, 4) is 11.3 Å². The van der Waals surface area contributed by atoms with Crippen LogP contribution in [0, 0.1) is 0 Å². The topological polar surface area (TPSA) is 72.4 Å². The summed E-state index contributed by atoms with van der Waals surface area (Å²) >= 11 is 3.49. The molecule has 1 amide bonds. The van der Waals surface area contributed by atoms with E-state index < -0.39 is 0 Å². The van der Waals surface area contributed by atoms with Crippen molar-refractivity contribution in [2.24, 2.45) is 5.73 Å². The summed E-state index contributed by atoms with van der Waals surface area (Å²) in [6, 6.07) is 7.93. The quantitative estimate of drug-likeness (QED) is 0.905. The molecule has 0 unspecified atom stereocenters. The molecule has 1 aliphatic heterocycles. The van der Waals surface area contributed by atoms with Crippen molar-refractivity contribution in [1.82, 2.24) is 9.88 Å². The van der Waals surface area contributed by atoms with E-state index in [4.69, 9.17) is 10.2 Å². The van der Waals surface area contributed by atoms with Gasteiger partial charge in [-0.2, -0.15) is 0 Å². The Kier molecular flexibility index (Phi) is 4.59. The molecule has 2 heterocycles. The summed E-state index contributed by atoms with van der Waals surface area (Å²) in [5.41, 5.74) is 6.78. The maximum absolute atomic E-state index is 12.1. The van der Waals surface area contributed by atoms with E-state index in [1.54, 1.807) is 6.20 Å². The van der Waals surface area contributed by atoms with E-state index in [2.05, 4.69) is 20.9 Å². The first-order valence-electron chi connectivity index (χ1n) is 7.36. The van der Waals surface area contributed by atoms with E-state index in [1.165, 1.54) is 0 Å². The molecule has 0 radical (unpaired) electrons. The second-order valence-electron chi connectivity index (χ2n) is 5.49. The SMILES string of the molecule is N[C@@H]1CCN(C(=O)CCc2ncc(-c3ccccc3Br)o2)C1. The number of aryl methyl sites for hydroxylation is 1. The first-order valence-corrected chi connectivity index (χ1v) is 8.16. The summed E-state index contributed by atoms with van der Waals surface area (Å²) in [5, 5.41) is 0. The van der Waals surface area contributed by atoms with Gasteiger partial charge in [-0.25, -0.2) is 4.98 Å². The van der Waals surface area contributed by atoms with Gasteiger partial charge in [0.2, 0.25) is 5.91 Å². The maximum Gasteiger partial charge on any atom is 0.223 e. The Morgan fingerprint density at radius 1 is 1.45 bits per heavy atom. The Morgan fingerprint density at radius 3 is 3.00 bits per heavy atom. The Hall–Kier alpha value is -1.66. The molecule has 116 valence electrons. The van der Waals surface area contributed by atoms with Crippen LogP contribution in [0.25, 0.3) is 11.3 Å². The Balaban J connectivity index is 1.60. The van der Waals surface area contributed by atoms with Crippen LogP contribution < -0.4 is 5.73 Å². The average Bonchev–Trinajstić information content (AvgIpc) is 3.14. The monoisotopic (exact) mass is 363 g/mol. The summed E-state index contributed by atoms with van der Waals surface area (Å²) in [6.45, 7) is 1.42. The summed E-state index contributed by atoms with van der Waals surface area (Å²) in [7, 11) is 0. The molecule has 6 heteroatoms. The van der Waals surface area contributed by atoms with Crippen molar-refractivity contribution >= 4 is 21.8 Å². The predicted molar refractivity (Wildman–Crippen MR) is 87.1 cm³/mol. The van der Waals surface area contributed by atoms with Crippen molar-refractivity contribution in [3.63, 3.8) is 0 Å². The smallest absolute Gasteiger partial charge is 0.223 e. The molecular formula is C16H18BrN3O2. The summed E-state index contributed by atoms with van der Waals surface area (Å²) < 4.78 is 6.71. The number of benzene rings is 1. The summed E-state index contributed by atoms with van der Waals surface area (Å²) in [5.74, 6) is 1.41. The van der Waals surface area contributed by atoms with Gasteiger partial charge >= 0.3 is 0 Å². The highest BCUT2D eigenvalue weighted by Gasteiger charge is 2.23. The minimum absolute atomic E-state index is 0.118. The number of rotatable bonds is 4. The molecule has 0 bridgehead atoms. The maximum atomic E-state index is 12.1. The summed E-state index contributed by atoms with van der Waals surface area (Å²) in [6.07, 6.45) is 3.50. The fourth-order valence-electron chi connectivity index (χ4n) is 2.60. The lowest BCUT2D eigenvalue weighted by Crippen LogP contribution is -2.31. The number of nitrogens with zero attached hydrogens (tertiary/aromatic N) is 2. The zero-order valence-electron chi connectivity index (χ0n) is 12.2. The van der Waals surface area contributed by atoms with E-state index in [9.17, 15) is 4.79 Å². The predicted octanol–water partition coefficient (Wildman–Crippen LogP) is 2.60. The van der Waals surface area contributed by atoms with Crippen LogP contribution in [0.4, 0.5) is 0 Å². The number of carbonyl (C=O) groups is 1. The van der Waals surface area contributed by atoms with E-state index in [0.717, 1.165) is 23.0 Å². The number of aromatic nitrogens is 1. The molecule has 2 N–H and O–H groups in total. The van der Waals surface area contributed by atoms with Gasteiger partial charge in [-0.1, -0.05) is 34.1 Å². The van der Waals surface area contributed by atoms with Crippen LogP contribution >= 0.6 is 15.9 Å². The lowest BCUT2D eigenvalue weighted by Gasteiger charge is -2.14. The van der Waals surface area contributed by atoms with Crippen LogP contribution in [0.15, 0.2) is 39.4 Å². The minimum Gasteiger partial charge on any atom is -0.441 e. The highest BCUT2D eigenvalue weighted by molar-refractivity contribution is 9.10. The summed E-state index contributed by atoms with van der Waals surface area (Å²) in [4.78, 5) is 18.2. The molecule has 1 aliphatic rings. The van der Waals surface area contributed by atoms with Gasteiger partial charge in [0.05, 0.1) is 6.20 Å². The molecule has 0 spiro atoms. The first-order chi connectivity index (χ1) is 10.6. The molecule has 1 atom stereocenters. The van der Waals surface area contributed by atoms with Gasteiger partial charge in [-0.3, -0.25) is 4.79 Å². The Bertz CT molecular complexity index is 671. The van der Waals surface area contributed by atoms with E-state index in [1.807, 2.05) is 29.2 Å². The normalized spacial score (nSPS) is 17.9. The molecule has 3 rings (SSSR count). The van der Waals surface area contributed by atoms with Crippen LogP contribution in [0.5, 0.6) is 0 Å². The molecule has 1 aromatic carbocycles. The zero-order valence-corrected chi connectivity index (χ0v) is 13.8. The van der Waals surface area contributed by atoms with Crippen LogP contribution in [0.1, 0.15) is 18.7 Å². The van der Waals surface area contributed by atoms with Gasteiger partial charge in [0, 0.05) is 42.0 Å². The van der Waals surface area contributed by atoms with Crippen molar-refractivity contribution in [1.29, 1.82) is 0 Å². The number of hydrogen-bond acceptors (Lipinski definition) is 4. The van der Waals surface area contributed by atoms with E-state index in [-0.39, 0.29) is 11.9 Å². The Labute approximate surface area is 137 Å². The van der Waals surface area contributed by atoms with Crippen molar-refractivity contribution < 1.29 is 9.21 Å². The second-order valence-corrected chi connectivity index (χ2v) is 6.34. The zero-order chi connectivity index (χ0) is 15.5. The van der Waals surface area contributed by atoms with Crippen LogP contribution in [0.3, 0.4) is 0 Å². The second kappa shape index (κ2) is 6.62. The molecule has 1 fully saturated rings. The van der Waals surface area contributed by atoms with Crippen molar-refractivity contribution in [2.75, 3.05) is 13.1 Å². The fourth-order valence-corrected chi connectivity index (χ4v) is 3.08. The van der Waals surface area contributed by atoms with Gasteiger partial charge in [-0.15, -0.1) is 0 Å². The average molecular weight is 364 g/mol. The van der Waals surface area contributed by atoms with E-state index in [0.29, 0.717) is 31.0 Å². The van der Waals surface area contributed by atoms with Crippen LogP contribution in [0.2, 0.25) is 0 Å². The third-order valence-electron chi connectivity index (χ3n) is 3.82. The van der Waals surface area contributed by atoms with Gasteiger partial charge < -0.3 is 15.1 Å². The highest BCUT2D eigenvalue weighted by Crippen LogP contribution is 2.28. The van der Waals surface area contributed by atoms with Gasteiger partial charge in [-0.05, 0) is 12.5 Å². The van der Waals surface area contributed by atoms with Crippen molar-refractivity contribution in [2.45, 2.75) is 25.3 Å². The first kappa shape index (κ1) is 15.2. The van der Waals surface area contributed by atoms with Gasteiger partial charge in [0.15, 0.2) is 11.7 Å². The number of halogens is 1. The lowest BCUT2D eigenvalue weighted by atomic mass is 10.2. The number of nitrogens with two attached hydrogens (primary N) is 1. The molecule has 1 aromatic heterocycles. The van der Waals surface area contributed by atoms with Gasteiger partial charge in [0.1, 0.15) is 0 Å². The third kappa shape index (κ3) is 3.39. The number of likely N-dealkylation sites (tertiary alicyclic amines) is 1. The molecular weight excluding hydrogens is 346 g/mol. The number of oxazole rings is 1. The van der Waals surface area contributed by atoms with Crippen LogP contribution in [-0.2, 0) is 11.2 Å². The molecule has 2 aromatic rings. The molecule has 0 aliphatic carbocycles. The van der Waals surface area contributed by atoms with Crippen molar-refractivity contribution in [3.05, 3.63) is 40.8 Å². The fraction of sp³-hybridized carbons (Fsp3) is 0.375. The number of amides is 1. The third-order valence-corrected chi connectivity index (χ3v) is 4.51. The number of hydrogen-bond donors (Lipinski definition) is 1. The molecule has 22 heavy (non-hydrogen) atoms. The molecule has 1 saturated heterocycles. The lowest BCUT2D eigenvalue weighted by molar-refractivity contribution is -0.130. The van der Waals surface area contributed by atoms with Crippen LogP contribution in [-0.4, -0.2) is 34.9 Å². The standard InChI is InChI=1S/C16H18BrN3O2/c17-13-4-2-1-3-12(13)14-9-19-15(22-14)5-6-16(21)20-8-7-11(18)10-20/h1-4,9,11H,5-8,10,18H2/t11-/m1/s1. The highest BCUT2D eigenvalue weighted by atomic mass is 79.9. The molecule has 5 nitrogen and oxygen atoms in total. The Morgan fingerprint density at radius 2 is 2.27 bits per heavy atom. The minimum atomic E-state index is 0.118. The largest absolute Gasteiger partial charge is 0.441 e.